The Hall–Kier alpha value is -0.360. The smallest absolute Gasteiger partial charge is 0.184 e. The largest absolute Gasteiger partial charge is 0.394 e. The lowest BCUT2D eigenvalue weighted by Crippen LogP contribution is -2.61. The molecule has 23 heavy (non-hydrogen) atoms. The summed E-state index contributed by atoms with van der Waals surface area (Å²) >= 11 is 0. The van der Waals surface area contributed by atoms with Gasteiger partial charge in [-0.2, -0.15) is 0 Å². The van der Waals surface area contributed by atoms with Crippen molar-refractivity contribution in [3.63, 3.8) is 0 Å². The van der Waals surface area contributed by atoms with Gasteiger partial charge in [-0.3, -0.25) is 0 Å². The minimum atomic E-state index is -1.29. The van der Waals surface area contributed by atoms with Crippen molar-refractivity contribution in [1.82, 2.24) is 0 Å². The molecular formula is C14H26O9. The number of rotatable bonds is 5. The van der Waals surface area contributed by atoms with Gasteiger partial charge < -0.3 is 44.5 Å². The van der Waals surface area contributed by atoms with Crippen molar-refractivity contribution in [2.75, 3.05) is 26.9 Å². The van der Waals surface area contributed by atoms with Crippen LogP contribution >= 0.6 is 0 Å². The molecule has 0 aromatic heterocycles. The summed E-state index contributed by atoms with van der Waals surface area (Å²) in [4.78, 5) is 0. The predicted molar refractivity (Wildman–Crippen MR) is 75.4 cm³/mol. The lowest BCUT2D eigenvalue weighted by molar-refractivity contribution is -0.330. The molecule has 0 radical (unpaired) electrons. The molecule has 2 fully saturated rings. The van der Waals surface area contributed by atoms with E-state index in [1.807, 2.05) is 0 Å². The van der Waals surface area contributed by atoms with Crippen molar-refractivity contribution < 1.29 is 44.5 Å². The molecule has 0 spiro atoms. The Labute approximate surface area is 134 Å². The van der Waals surface area contributed by atoms with Crippen LogP contribution in [0.15, 0.2) is 0 Å². The normalized spacial score (nSPS) is 48.4. The van der Waals surface area contributed by atoms with Gasteiger partial charge in [0.15, 0.2) is 6.29 Å². The fourth-order valence-electron chi connectivity index (χ4n) is 3.07. The zero-order valence-corrected chi connectivity index (χ0v) is 13.2. The summed E-state index contributed by atoms with van der Waals surface area (Å²) in [6.45, 7) is 0.858. The van der Waals surface area contributed by atoms with Crippen LogP contribution in [0.3, 0.4) is 0 Å². The zero-order valence-electron chi connectivity index (χ0n) is 13.2. The van der Waals surface area contributed by atoms with Gasteiger partial charge in [0.2, 0.25) is 0 Å². The molecule has 2 aliphatic heterocycles. The van der Waals surface area contributed by atoms with Crippen LogP contribution in [-0.4, -0.2) is 101 Å². The van der Waals surface area contributed by atoms with Gasteiger partial charge >= 0.3 is 0 Å². The van der Waals surface area contributed by atoms with Gasteiger partial charge in [0.05, 0.1) is 25.9 Å². The minimum Gasteiger partial charge on any atom is -0.394 e. The first-order chi connectivity index (χ1) is 10.9. The van der Waals surface area contributed by atoms with Crippen LogP contribution in [0.4, 0.5) is 0 Å². The third-order valence-corrected chi connectivity index (χ3v) is 4.51. The first kappa shape index (κ1) is 19.0. The number of ether oxygens (including phenoxy) is 4. The van der Waals surface area contributed by atoms with Crippen molar-refractivity contribution in [2.45, 2.75) is 55.9 Å². The summed E-state index contributed by atoms with van der Waals surface area (Å²) in [5, 5.41) is 48.8. The van der Waals surface area contributed by atoms with Crippen LogP contribution in [0.1, 0.15) is 6.92 Å². The SMILES string of the molecule is CO[C@H]1C(CO)O[C@@H](O[C@@H]2C(CO)OCC(O)C2O)C(O)C1C. The predicted octanol–water partition coefficient (Wildman–Crippen LogP) is -2.79. The Bertz CT molecular complexity index is 364. The van der Waals surface area contributed by atoms with Gasteiger partial charge in [-0.1, -0.05) is 6.92 Å². The second kappa shape index (κ2) is 8.15. The Morgan fingerprint density at radius 2 is 1.65 bits per heavy atom. The Morgan fingerprint density at radius 3 is 2.22 bits per heavy atom. The molecule has 2 heterocycles. The maximum atomic E-state index is 10.3. The van der Waals surface area contributed by atoms with E-state index in [0.717, 1.165) is 0 Å². The molecule has 9 nitrogen and oxygen atoms in total. The highest BCUT2D eigenvalue weighted by Crippen LogP contribution is 2.31. The van der Waals surface area contributed by atoms with Gasteiger partial charge in [0.1, 0.15) is 36.6 Å². The van der Waals surface area contributed by atoms with Crippen molar-refractivity contribution in [3.05, 3.63) is 0 Å². The Kier molecular flexibility index (Phi) is 6.72. The summed E-state index contributed by atoms with van der Waals surface area (Å²) in [5.74, 6) is -0.393. The molecule has 0 bridgehead atoms. The number of aliphatic hydroxyl groups excluding tert-OH is 5. The maximum absolute atomic E-state index is 10.3. The van der Waals surface area contributed by atoms with Crippen LogP contribution in [0.5, 0.6) is 0 Å². The highest BCUT2D eigenvalue weighted by Gasteiger charge is 2.47. The molecule has 2 aliphatic rings. The van der Waals surface area contributed by atoms with E-state index in [1.54, 1.807) is 6.92 Å². The lowest BCUT2D eigenvalue weighted by atomic mass is 9.90. The highest BCUT2D eigenvalue weighted by atomic mass is 16.7. The minimum absolute atomic E-state index is 0.123. The van der Waals surface area contributed by atoms with Crippen LogP contribution < -0.4 is 0 Å². The first-order valence-corrected chi connectivity index (χ1v) is 7.65. The van der Waals surface area contributed by atoms with Crippen LogP contribution in [0.25, 0.3) is 0 Å². The van der Waals surface area contributed by atoms with Gasteiger partial charge in [0.25, 0.3) is 0 Å². The second-order valence-electron chi connectivity index (χ2n) is 5.99. The maximum Gasteiger partial charge on any atom is 0.184 e. The lowest BCUT2D eigenvalue weighted by Gasteiger charge is -2.45. The van der Waals surface area contributed by atoms with Crippen molar-refractivity contribution in [1.29, 1.82) is 0 Å². The molecule has 0 saturated carbocycles. The van der Waals surface area contributed by atoms with E-state index in [0.29, 0.717) is 0 Å². The molecule has 2 rings (SSSR count). The number of methoxy groups -OCH3 is 1. The van der Waals surface area contributed by atoms with E-state index in [4.69, 9.17) is 18.9 Å². The van der Waals surface area contributed by atoms with Gasteiger partial charge in [-0.05, 0) is 0 Å². The molecule has 0 amide bonds. The average Bonchev–Trinajstić information content (AvgIpc) is 2.55. The highest BCUT2D eigenvalue weighted by molar-refractivity contribution is 4.92. The molecule has 0 aliphatic carbocycles. The summed E-state index contributed by atoms with van der Waals surface area (Å²) in [7, 11) is 1.46. The topological polar surface area (TPSA) is 138 Å². The molecule has 5 N–H and O–H groups in total. The van der Waals surface area contributed by atoms with Crippen LogP contribution in [0.2, 0.25) is 0 Å². The molecular weight excluding hydrogens is 312 g/mol. The van der Waals surface area contributed by atoms with E-state index < -0.39 is 61.5 Å². The molecule has 136 valence electrons. The summed E-state index contributed by atoms with van der Waals surface area (Å²) in [5.41, 5.74) is 0. The van der Waals surface area contributed by atoms with Crippen LogP contribution in [0, 0.1) is 5.92 Å². The Balaban J connectivity index is 2.10. The third-order valence-electron chi connectivity index (χ3n) is 4.51. The molecule has 9 atom stereocenters. The summed E-state index contributed by atoms with van der Waals surface area (Å²) in [6, 6.07) is 0. The van der Waals surface area contributed by atoms with Crippen molar-refractivity contribution in [2.24, 2.45) is 5.92 Å². The molecule has 6 unspecified atom stereocenters. The van der Waals surface area contributed by atoms with Gasteiger partial charge in [-0.15, -0.1) is 0 Å². The third kappa shape index (κ3) is 3.84. The quantitative estimate of drug-likeness (QED) is 0.360. The number of aliphatic hydroxyl groups is 5. The second-order valence-corrected chi connectivity index (χ2v) is 5.99. The van der Waals surface area contributed by atoms with Gasteiger partial charge in [0, 0.05) is 13.0 Å². The van der Waals surface area contributed by atoms with E-state index >= 15 is 0 Å². The van der Waals surface area contributed by atoms with E-state index in [2.05, 4.69) is 0 Å². The van der Waals surface area contributed by atoms with E-state index in [9.17, 15) is 25.5 Å². The standard InChI is InChI=1S/C14H26O9/c1-6-10(18)14(22-9(4-16)12(6)20-2)23-13-8(3-15)21-5-7(17)11(13)19/h6-19H,3-5H2,1-2H3/t6?,7?,8?,9?,10?,11?,12-,13-,14+/m1/s1. The van der Waals surface area contributed by atoms with Gasteiger partial charge in [-0.25, -0.2) is 0 Å². The summed E-state index contributed by atoms with van der Waals surface area (Å²) < 4.78 is 21.6. The number of hydrogen-bond acceptors (Lipinski definition) is 9. The monoisotopic (exact) mass is 338 g/mol. The van der Waals surface area contributed by atoms with E-state index in [-0.39, 0.29) is 13.2 Å². The first-order valence-electron chi connectivity index (χ1n) is 7.65. The molecule has 0 aromatic rings. The fourth-order valence-corrected chi connectivity index (χ4v) is 3.07. The van der Waals surface area contributed by atoms with E-state index in [1.165, 1.54) is 7.11 Å². The molecule has 9 heteroatoms. The summed E-state index contributed by atoms with van der Waals surface area (Å²) in [6.07, 6.45) is -7.84. The Morgan fingerprint density at radius 1 is 1.00 bits per heavy atom. The number of hydrogen-bond donors (Lipinski definition) is 5. The fraction of sp³-hybridized carbons (Fsp3) is 1.00. The average molecular weight is 338 g/mol. The molecule has 0 aromatic carbocycles. The zero-order chi connectivity index (χ0) is 17.1. The molecule has 2 saturated heterocycles. The van der Waals surface area contributed by atoms with Crippen LogP contribution in [-0.2, 0) is 18.9 Å². The van der Waals surface area contributed by atoms with Crippen molar-refractivity contribution >= 4 is 0 Å². The van der Waals surface area contributed by atoms with Crippen molar-refractivity contribution in [3.8, 4) is 0 Å².